The molecule has 0 fully saturated rings. The molecule has 3 rings (SSSR count). The van der Waals surface area contributed by atoms with Gasteiger partial charge in [-0.1, -0.05) is 0 Å². The molecule has 0 spiro atoms. The number of nitrogens with zero attached hydrogens (tertiary/aromatic N) is 4. The molecule has 0 aromatic carbocycles. The fraction of sp³-hybridized carbons (Fsp3) is 0.438. The lowest BCUT2D eigenvalue weighted by atomic mass is 10.1. The van der Waals surface area contributed by atoms with Crippen molar-refractivity contribution in [3.8, 4) is 11.4 Å². The van der Waals surface area contributed by atoms with Crippen molar-refractivity contribution in [1.29, 1.82) is 0 Å². The van der Waals surface area contributed by atoms with E-state index in [-0.39, 0.29) is 6.61 Å². The Kier molecular flexibility index (Phi) is 4.80. The maximum Gasteiger partial charge on any atom is 0.163 e. The van der Waals surface area contributed by atoms with Crippen LogP contribution in [0.15, 0.2) is 24.5 Å². The van der Waals surface area contributed by atoms with Crippen molar-refractivity contribution >= 4 is 5.82 Å². The normalized spacial score (nSPS) is 15.1. The number of rotatable bonds is 5. The maximum atomic E-state index is 9.72. The van der Waals surface area contributed by atoms with Gasteiger partial charge in [0.1, 0.15) is 5.82 Å². The molecule has 2 aromatic rings. The zero-order chi connectivity index (χ0) is 16.2. The summed E-state index contributed by atoms with van der Waals surface area (Å²) in [4.78, 5) is 15.4. The Morgan fingerprint density at radius 2 is 2.26 bits per heavy atom. The summed E-state index contributed by atoms with van der Waals surface area (Å²) in [5.74, 6) is 1.43. The third-order valence-corrected chi connectivity index (χ3v) is 3.89. The van der Waals surface area contributed by atoms with E-state index in [4.69, 9.17) is 10.1 Å². The van der Waals surface area contributed by atoms with Gasteiger partial charge in [0.25, 0.3) is 0 Å². The lowest BCUT2D eigenvalue weighted by Gasteiger charge is -2.27. The first-order valence-corrected chi connectivity index (χ1v) is 7.70. The van der Waals surface area contributed by atoms with Crippen molar-refractivity contribution in [2.24, 2.45) is 0 Å². The zero-order valence-electron chi connectivity index (χ0n) is 13.1. The minimum atomic E-state index is -0.797. The molecule has 3 heterocycles. The molecule has 0 amide bonds. The van der Waals surface area contributed by atoms with Gasteiger partial charge in [0, 0.05) is 43.7 Å². The van der Waals surface area contributed by atoms with Gasteiger partial charge in [0.05, 0.1) is 18.4 Å². The first-order chi connectivity index (χ1) is 11.2. The van der Waals surface area contributed by atoms with E-state index < -0.39 is 6.10 Å². The van der Waals surface area contributed by atoms with Gasteiger partial charge >= 0.3 is 0 Å². The third-order valence-electron chi connectivity index (χ3n) is 3.89. The van der Waals surface area contributed by atoms with Gasteiger partial charge in [-0.05, 0) is 25.1 Å². The SMILES string of the molecule is CN(C[C@H](O)CO)c1nc(-c2cccnc2)nc2c1CCNC2. The van der Waals surface area contributed by atoms with Crippen molar-refractivity contribution in [3.05, 3.63) is 35.8 Å². The van der Waals surface area contributed by atoms with Crippen LogP contribution in [0.2, 0.25) is 0 Å². The smallest absolute Gasteiger partial charge is 0.163 e. The quantitative estimate of drug-likeness (QED) is 0.713. The Bertz CT molecular complexity index is 665. The van der Waals surface area contributed by atoms with Crippen molar-refractivity contribution in [1.82, 2.24) is 20.3 Å². The van der Waals surface area contributed by atoms with E-state index in [1.165, 1.54) is 0 Å². The number of hydrogen-bond donors (Lipinski definition) is 3. The summed E-state index contributed by atoms with van der Waals surface area (Å²) in [5.41, 5.74) is 2.94. The molecule has 2 aromatic heterocycles. The van der Waals surface area contributed by atoms with Crippen LogP contribution in [0.5, 0.6) is 0 Å². The average molecular weight is 315 g/mol. The molecule has 0 bridgehead atoms. The molecule has 1 atom stereocenters. The average Bonchev–Trinajstić information content (AvgIpc) is 2.61. The van der Waals surface area contributed by atoms with Gasteiger partial charge in [-0.15, -0.1) is 0 Å². The molecule has 0 radical (unpaired) electrons. The highest BCUT2D eigenvalue weighted by atomic mass is 16.3. The molecule has 0 saturated heterocycles. The number of anilines is 1. The van der Waals surface area contributed by atoms with Crippen LogP contribution in [0.4, 0.5) is 5.82 Å². The number of likely N-dealkylation sites (N-methyl/N-ethyl adjacent to an activating group) is 1. The Morgan fingerprint density at radius 1 is 1.39 bits per heavy atom. The number of aliphatic hydroxyl groups excluding tert-OH is 2. The topological polar surface area (TPSA) is 94.4 Å². The molecular formula is C16H21N5O2. The van der Waals surface area contributed by atoms with Gasteiger partial charge in [-0.3, -0.25) is 4.98 Å². The predicted molar refractivity (Wildman–Crippen MR) is 87.0 cm³/mol. The highest BCUT2D eigenvalue weighted by Crippen LogP contribution is 2.26. The molecule has 1 aliphatic heterocycles. The lowest BCUT2D eigenvalue weighted by molar-refractivity contribution is 0.101. The maximum absolute atomic E-state index is 9.72. The minimum absolute atomic E-state index is 0.269. The number of nitrogens with one attached hydrogen (secondary N) is 1. The van der Waals surface area contributed by atoms with E-state index in [0.717, 1.165) is 35.6 Å². The minimum Gasteiger partial charge on any atom is -0.394 e. The summed E-state index contributed by atoms with van der Waals surface area (Å²) in [7, 11) is 1.87. The summed E-state index contributed by atoms with van der Waals surface area (Å²) >= 11 is 0. The Hall–Kier alpha value is -2.09. The van der Waals surface area contributed by atoms with Gasteiger partial charge in [-0.2, -0.15) is 0 Å². The largest absolute Gasteiger partial charge is 0.394 e. The molecule has 23 heavy (non-hydrogen) atoms. The van der Waals surface area contributed by atoms with Gasteiger partial charge < -0.3 is 20.4 Å². The van der Waals surface area contributed by atoms with Crippen LogP contribution in [0.25, 0.3) is 11.4 Å². The first kappa shape index (κ1) is 15.8. The van der Waals surface area contributed by atoms with Gasteiger partial charge in [0.2, 0.25) is 0 Å². The number of aromatic nitrogens is 3. The highest BCUT2D eigenvalue weighted by molar-refractivity contribution is 5.60. The number of pyridine rings is 1. The van der Waals surface area contributed by atoms with Crippen LogP contribution < -0.4 is 10.2 Å². The Labute approximate surface area is 135 Å². The summed E-state index contributed by atoms with van der Waals surface area (Å²) in [5, 5.41) is 22.1. The molecule has 1 aliphatic rings. The zero-order valence-corrected chi connectivity index (χ0v) is 13.1. The number of aliphatic hydroxyl groups is 2. The monoisotopic (exact) mass is 315 g/mol. The summed E-state index contributed by atoms with van der Waals surface area (Å²) < 4.78 is 0. The summed E-state index contributed by atoms with van der Waals surface area (Å²) in [6, 6.07) is 3.78. The Morgan fingerprint density at radius 3 is 3.00 bits per heavy atom. The predicted octanol–water partition coefficient (Wildman–Crippen LogP) is -0.0263. The van der Waals surface area contributed by atoms with E-state index in [1.807, 2.05) is 24.1 Å². The molecule has 0 saturated carbocycles. The second kappa shape index (κ2) is 6.99. The molecule has 0 unspecified atom stereocenters. The van der Waals surface area contributed by atoms with E-state index in [9.17, 15) is 5.11 Å². The van der Waals surface area contributed by atoms with Crippen molar-refractivity contribution in [3.63, 3.8) is 0 Å². The van der Waals surface area contributed by atoms with E-state index in [1.54, 1.807) is 12.4 Å². The second-order valence-electron chi connectivity index (χ2n) is 5.68. The first-order valence-electron chi connectivity index (χ1n) is 7.70. The number of hydrogen-bond acceptors (Lipinski definition) is 7. The van der Waals surface area contributed by atoms with Crippen molar-refractivity contribution < 1.29 is 10.2 Å². The van der Waals surface area contributed by atoms with Crippen LogP contribution in [-0.4, -0.2) is 58.0 Å². The number of fused-ring (bicyclic) bond motifs is 1. The molecule has 122 valence electrons. The second-order valence-corrected chi connectivity index (χ2v) is 5.68. The molecule has 0 aliphatic carbocycles. The van der Waals surface area contributed by atoms with Crippen molar-refractivity contribution in [2.75, 3.05) is 31.6 Å². The highest BCUT2D eigenvalue weighted by Gasteiger charge is 2.21. The van der Waals surface area contributed by atoms with Crippen LogP contribution in [0.1, 0.15) is 11.3 Å². The third kappa shape index (κ3) is 3.47. The van der Waals surface area contributed by atoms with Crippen LogP contribution in [-0.2, 0) is 13.0 Å². The Balaban J connectivity index is 2.02. The van der Waals surface area contributed by atoms with E-state index in [0.29, 0.717) is 18.9 Å². The molecule has 3 N–H and O–H groups in total. The fourth-order valence-corrected chi connectivity index (χ4v) is 2.74. The molecular weight excluding hydrogens is 294 g/mol. The van der Waals surface area contributed by atoms with Crippen molar-refractivity contribution in [2.45, 2.75) is 19.1 Å². The summed E-state index contributed by atoms with van der Waals surface area (Å²) in [6.45, 7) is 1.63. The van der Waals surface area contributed by atoms with Gasteiger partial charge in [0.15, 0.2) is 5.82 Å². The van der Waals surface area contributed by atoms with Gasteiger partial charge in [-0.25, -0.2) is 9.97 Å². The van der Waals surface area contributed by atoms with E-state index in [2.05, 4.69) is 15.3 Å². The molecule has 7 heteroatoms. The summed E-state index contributed by atoms with van der Waals surface area (Å²) in [6.07, 6.45) is 3.50. The fourth-order valence-electron chi connectivity index (χ4n) is 2.74. The lowest BCUT2D eigenvalue weighted by Crippen LogP contribution is -2.34. The van der Waals surface area contributed by atoms with Crippen LogP contribution in [0.3, 0.4) is 0 Å². The standard InChI is InChI=1S/C16H21N5O2/c1-21(9-12(23)10-22)16-13-4-6-18-8-14(13)19-15(20-16)11-3-2-5-17-7-11/h2-3,5,7,12,18,22-23H,4,6,8-10H2,1H3/t12-/m0/s1. The molecule has 7 nitrogen and oxygen atoms in total. The van der Waals surface area contributed by atoms with E-state index >= 15 is 0 Å². The van der Waals surface area contributed by atoms with Crippen LogP contribution >= 0.6 is 0 Å². The van der Waals surface area contributed by atoms with Crippen LogP contribution in [0, 0.1) is 0 Å².